The van der Waals surface area contributed by atoms with Crippen LogP contribution in [0.2, 0.25) is 0 Å². The lowest BCUT2D eigenvalue weighted by atomic mass is 9.60. The first kappa shape index (κ1) is 50.1. The number of carboxylic acids is 2. The first-order valence-electron chi connectivity index (χ1n) is 22.7. The third-order valence-corrected chi connectivity index (χ3v) is 13.1. The molecule has 358 valence electrons. The predicted molar refractivity (Wildman–Crippen MR) is 257 cm³/mol. The molecule has 4 aliphatic rings. The van der Waals surface area contributed by atoms with Gasteiger partial charge in [0.15, 0.2) is 16.8 Å². The fraction of sp³-hybridized carbons (Fsp3) is 0.444. The molecular weight excluding hydrogens is 857 g/mol. The van der Waals surface area contributed by atoms with Crippen molar-refractivity contribution < 1.29 is 58.2 Å². The number of carboxylic acid groups (broad SMARTS) is 2. The van der Waals surface area contributed by atoms with E-state index in [0.29, 0.717) is 66.1 Å². The smallest absolute Gasteiger partial charge is 0.340 e. The zero-order valence-corrected chi connectivity index (χ0v) is 40.7. The predicted octanol–water partition coefficient (Wildman–Crippen LogP) is 10.8. The van der Waals surface area contributed by atoms with Crippen LogP contribution < -0.4 is 19.6 Å². The van der Waals surface area contributed by atoms with Gasteiger partial charge in [0.25, 0.3) is 0 Å². The number of fused-ring (bicyclic) bond motifs is 3. The SMILES string of the molecule is CC(C)=CCCC1(C)C=Cc2c(O)c3c(c(CC=C(C)C)c2O1)OC12C(=CCCC1C(C)(C)OC2(CC=C(C)C(=O)O)C(=O)O)C3=O.COc1cc(O)c2c(=O)cc(C)oc2c1CC=C(C)C. The normalized spacial score (nSPS) is 23.1. The van der Waals surface area contributed by atoms with Crippen LogP contribution in [0.1, 0.15) is 134 Å². The lowest BCUT2D eigenvalue weighted by Crippen LogP contribution is -2.66. The number of carbonyl (C=O) groups is 3. The summed E-state index contributed by atoms with van der Waals surface area (Å²) in [5, 5.41) is 42.6. The Morgan fingerprint density at radius 2 is 1.51 bits per heavy atom. The molecule has 2 aromatic carbocycles. The Bertz CT molecular complexity index is 2780. The molecule has 4 N–H and O–H groups in total. The van der Waals surface area contributed by atoms with Gasteiger partial charge in [-0.05, 0) is 127 Å². The summed E-state index contributed by atoms with van der Waals surface area (Å²) < 4.78 is 31.2. The number of hydrogen-bond acceptors (Lipinski definition) is 11. The van der Waals surface area contributed by atoms with E-state index < -0.39 is 46.0 Å². The van der Waals surface area contributed by atoms with Crippen molar-refractivity contribution in [2.45, 2.75) is 144 Å². The molecule has 0 saturated carbocycles. The highest BCUT2D eigenvalue weighted by Gasteiger charge is 2.77. The van der Waals surface area contributed by atoms with Crippen LogP contribution in [0.25, 0.3) is 17.0 Å². The zero-order chi connectivity index (χ0) is 49.6. The quantitative estimate of drug-likeness (QED) is 0.0989. The summed E-state index contributed by atoms with van der Waals surface area (Å²) in [5.41, 5.74) is -0.602. The number of benzene rings is 2. The van der Waals surface area contributed by atoms with E-state index in [1.165, 1.54) is 37.8 Å². The van der Waals surface area contributed by atoms with Gasteiger partial charge in [-0.1, -0.05) is 47.1 Å². The number of ketones is 1. The molecule has 1 spiro atoms. The van der Waals surface area contributed by atoms with Crippen LogP contribution in [0.3, 0.4) is 0 Å². The highest BCUT2D eigenvalue weighted by atomic mass is 16.6. The van der Waals surface area contributed by atoms with Gasteiger partial charge in [-0.15, -0.1) is 0 Å². The molecule has 3 aliphatic heterocycles. The van der Waals surface area contributed by atoms with Crippen LogP contribution in [0, 0.1) is 12.8 Å². The van der Waals surface area contributed by atoms with Crippen LogP contribution in [0.15, 0.2) is 85.7 Å². The van der Waals surface area contributed by atoms with E-state index in [4.69, 9.17) is 23.4 Å². The van der Waals surface area contributed by atoms with E-state index in [0.717, 1.165) is 23.1 Å². The highest BCUT2D eigenvalue weighted by molar-refractivity contribution is 6.17. The van der Waals surface area contributed by atoms with Crippen LogP contribution >= 0.6 is 0 Å². The molecule has 0 bridgehead atoms. The van der Waals surface area contributed by atoms with Crippen LogP contribution in [0.4, 0.5) is 0 Å². The molecule has 1 saturated heterocycles. The largest absolute Gasteiger partial charge is 0.507 e. The number of methoxy groups -OCH3 is 1. The minimum Gasteiger partial charge on any atom is -0.507 e. The number of allylic oxidation sites excluding steroid dienone is 7. The lowest BCUT2D eigenvalue weighted by Gasteiger charge is -2.50. The zero-order valence-electron chi connectivity index (χ0n) is 40.7. The molecule has 7 rings (SSSR count). The summed E-state index contributed by atoms with van der Waals surface area (Å²) in [5.74, 6) is -2.63. The number of phenols is 2. The number of carbonyl (C=O) groups excluding carboxylic acids is 1. The Morgan fingerprint density at radius 1 is 0.866 bits per heavy atom. The summed E-state index contributed by atoms with van der Waals surface area (Å²) in [6.45, 7) is 20.6. The van der Waals surface area contributed by atoms with E-state index in [1.807, 2.05) is 66.7 Å². The number of hydrogen-bond donors (Lipinski definition) is 4. The van der Waals surface area contributed by atoms with E-state index in [-0.39, 0.29) is 51.2 Å². The van der Waals surface area contributed by atoms with Gasteiger partial charge < -0.3 is 43.8 Å². The van der Waals surface area contributed by atoms with Crippen molar-refractivity contribution in [1.29, 1.82) is 0 Å². The van der Waals surface area contributed by atoms with Crippen LogP contribution in [-0.4, -0.2) is 67.7 Å². The van der Waals surface area contributed by atoms with Crippen molar-refractivity contribution in [2.75, 3.05) is 7.11 Å². The molecule has 4 atom stereocenters. The summed E-state index contributed by atoms with van der Waals surface area (Å²) in [6, 6.07) is 2.84. The number of rotatable bonds is 12. The maximum Gasteiger partial charge on any atom is 0.340 e. The second-order valence-corrected chi connectivity index (χ2v) is 19.5. The standard InChI is InChI=1S/C38H46O9.C16H18O4/c1-21(2)11-10-18-36(8)19-17-24-29(39)28-30(40)26-12-9-13-27-35(6,7)47-37(34(43)44,20-16-23(5)33(41)42)38(26,27)46-32(28)25(31(24)45-36)15-14-22(3)4;1-9(2)5-6-11-14(19-4)8-13(18)15-12(17)7-10(3)20-16(11)15/h11-12,14,16-17,19,27,39H,9-10,13,15,18,20H2,1-8H3,(H,41,42)(H,43,44);5,7-8,18H,6H2,1-4H3. The topological polar surface area (TPSA) is 199 Å². The molecule has 67 heavy (non-hydrogen) atoms. The van der Waals surface area contributed by atoms with Gasteiger partial charge in [0, 0.05) is 46.7 Å². The number of ether oxygens (including phenoxy) is 4. The molecule has 4 unspecified atom stereocenters. The Labute approximate surface area is 391 Å². The summed E-state index contributed by atoms with van der Waals surface area (Å²) in [6.07, 6.45) is 15.7. The Morgan fingerprint density at radius 3 is 2.10 bits per heavy atom. The number of Topliss-reactive ketones (excluding diaryl/α,β-unsaturated/α-hetero) is 1. The van der Waals surface area contributed by atoms with Gasteiger partial charge >= 0.3 is 11.9 Å². The molecule has 0 amide bonds. The molecule has 13 nitrogen and oxygen atoms in total. The van der Waals surface area contributed by atoms with E-state index in [9.17, 15) is 39.6 Å². The minimum absolute atomic E-state index is 0.0407. The molecule has 0 radical (unpaired) electrons. The van der Waals surface area contributed by atoms with Crippen molar-refractivity contribution in [3.8, 4) is 28.7 Å². The third-order valence-electron chi connectivity index (χ3n) is 13.1. The van der Waals surface area contributed by atoms with Gasteiger partial charge in [-0.3, -0.25) is 9.59 Å². The van der Waals surface area contributed by atoms with E-state index >= 15 is 0 Å². The molecule has 1 aliphatic carbocycles. The average molecular weight is 921 g/mol. The van der Waals surface area contributed by atoms with Crippen molar-refractivity contribution in [3.63, 3.8) is 0 Å². The molecule has 1 fully saturated rings. The van der Waals surface area contributed by atoms with Gasteiger partial charge in [0.2, 0.25) is 5.60 Å². The molecule has 13 heteroatoms. The summed E-state index contributed by atoms with van der Waals surface area (Å²) in [4.78, 5) is 52.1. The summed E-state index contributed by atoms with van der Waals surface area (Å²) >= 11 is 0. The van der Waals surface area contributed by atoms with Crippen molar-refractivity contribution >= 4 is 34.8 Å². The van der Waals surface area contributed by atoms with Crippen molar-refractivity contribution in [3.05, 3.63) is 115 Å². The number of phenolic OH excluding ortho intramolecular Hbond substituents is 2. The van der Waals surface area contributed by atoms with Crippen molar-refractivity contribution in [1.82, 2.24) is 0 Å². The second-order valence-electron chi connectivity index (χ2n) is 19.5. The van der Waals surface area contributed by atoms with Gasteiger partial charge in [0.1, 0.15) is 56.6 Å². The first-order chi connectivity index (χ1) is 31.3. The monoisotopic (exact) mass is 920 g/mol. The maximum atomic E-state index is 14.7. The minimum atomic E-state index is -2.16. The lowest BCUT2D eigenvalue weighted by molar-refractivity contribution is -0.184. The van der Waals surface area contributed by atoms with E-state index in [1.54, 1.807) is 32.9 Å². The van der Waals surface area contributed by atoms with Gasteiger partial charge in [-0.2, -0.15) is 0 Å². The number of aryl methyl sites for hydroxylation is 1. The average Bonchev–Trinajstić information content (AvgIpc) is 3.44. The Kier molecular flexibility index (Phi) is 14.0. The van der Waals surface area contributed by atoms with E-state index in [2.05, 4.69) is 6.08 Å². The van der Waals surface area contributed by atoms with Crippen LogP contribution in [-0.2, 0) is 27.2 Å². The van der Waals surface area contributed by atoms with Crippen LogP contribution in [0.5, 0.6) is 28.7 Å². The highest BCUT2D eigenvalue weighted by Crippen LogP contribution is 2.64. The second kappa shape index (κ2) is 18.7. The fourth-order valence-electron chi connectivity index (χ4n) is 9.80. The number of aromatic hydroxyl groups is 2. The van der Waals surface area contributed by atoms with Gasteiger partial charge in [-0.25, -0.2) is 9.59 Å². The molecule has 4 heterocycles. The molecular formula is C54H64O13. The maximum absolute atomic E-state index is 14.7. The molecule has 1 aromatic heterocycles. The summed E-state index contributed by atoms with van der Waals surface area (Å²) in [7, 11) is 1.53. The Hall–Kier alpha value is -6.34. The number of aliphatic carboxylic acids is 2. The Balaban J connectivity index is 0.000000308. The molecule has 3 aromatic rings. The fourth-order valence-corrected chi connectivity index (χ4v) is 9.80. The van der Waals surface area contributed by atoms with Crippen molar-refractivity contribution in [2.24, 2.45) is 5.92 Å². The first-order valence-corrected chi connectivity index (χ1v) is 22.7. The van der Waals surface area contributed by atoms with Gasteiger partial charge in [0.05, 0.1) is 18.3 Å². The third kappa shape index (κ3) is 9.10.